The number of oxazole rings is 1. The molecule has 23 heavy (non-hydrogen) atoms. The minimum atomic E-state index is -2.84. The molecule has 0 radical (unpaired) electrons. The van der Waals surface area contributed by atoms with Gasteiger partial charge in [0.2, 0.25) is 5.89 Å². The third-order valence-electron chi connectivity index (χ3n) is 5.04. The lowest BCUT2D eigenvalue weighted by Gasteiger charge is -2.23. The van der Waals surface area contributed by atoms with Crippen molar-refractivity contribution in [1.82, 2.24) is 14.8 Å². The van der Waals surface area contributed by atoms with Gasteiger partial charge in [-0.25, -0.2) is 13.4 Å². The van der Waals surface area contributed by atoms with Crippen molar-refractivity contribution in [3.05, 3.63) is 17.3 Å². The average molecular weight is 341 g/mol. The van der Waals surface area contributed by atoms with Gasteiger partial charge < -0.3 is 9.32 Å². The second-order valence-corrected chi connectivity index (χ2v) is 9.21. The highest BCUT2D eigenvalue weighted by molar-refractivity contribution is 7.92. The molecule has 3 heterocycles. The van der Waals surface area contributed by atoms with Gasteiger partial charge in [-0.2, -0.15) is 0 Å². The first-order valence-corrected chi connectivity index (χ1v) is 10.2. The molecule has 3 rings (SSSR count). The summed E-state index contributed by atoms with van der Waals surface area (Å²) in [5.41, 5.74) is 0.961. The summed E-state index contributed by atoms with van der Waals surface area (Å²) in [7, 11) is -2.84. The van der Waals surface area contributed by atoms with Gasteiger partial charge >= 0.3 is 0 Å². The molecule has 0 spiro atoms. The lowest BCUT2D eigenvalue weighted by Crippen LogP contribution is -2.37. The van der Waals surface area contributed by atoms with E-state index in [1.807, 2.05) is 13.8 Å². The Morgan fingerprint density at radius 2 is 1.87 bits per heavy atom. The van der Waals surface area contributed by atoms with Gasteiger partial charge in [0.1, 0.15) is 5.76 Å². The fraction of sp³-hybridized carbons (Fsp3) is 0.812. The molecular formula is C16H27N3O3S. The van der Waals surface area contributed by atoms with Crippen molar-refractivity contribution in [2.45, 2.75) is 44.9 Å². The third-order valence-corrected chi connectivity index (χ3v) is 7.30. The molecule has 2 aliphatic rings. The molecule has 0 amide bonds. The molecule has 0 aromatic carbocycles. The molecule has 0 bridgehead atoms. The van der Waals surface area contributed by atoms with Crippen LogP contribution in [0.15, 0.2) is 4.42 Å². The van der Waals surface area contributed by atoms with E-state index in [2.05, 4.69) is 14.8 Å². The molecule has 1 aromatic heterocycles. The fourth-order valence-electron chi connectivity index (χ4n) is 3.51. The van der Waals surface area contributed by atoms with E-state index in [1.54, 1.807) is 0 Å². The van der Waals surface area contributed by atoms with Crippen molar-refractivity contribution in [2.24, 2.45) is 0 Å². The van der Waals surface area contributed by atoms with Crippen LogP contribution >= 0.6 is 0 Å². The monoisotopic (exact) mass is 341 g/mol. The molecule has 0 aliphatic carbocycles. The lowest BCUT2D eigenvalue weighted by molar-refractivity contribution is 0.232. The molecular weight excluding hydrogens is 314 g/mol. The van der Waals surface area contributed by atoms with E-state index < -0.39 is 9.84 Å². The van der Waals surface area contributed by atoms with Crippen molar-refractivity contribution < 1.29 is 12.8 Å². The van der Waals surface area contributed by atoms with Gasteiger partial charge in [-0.3, -0.25) is 4.90 Å². The molecule has 7 heteroatoms. The van der Waals surface area contributed by atoms with E-state index in [0.29, 0.717) is 12.3 Å². The first-order chi connectivity index (χ1) is 10.9. The van der Waals surface area contributed by atoms with Crippen LogP contribution in [0.1, 0.15) is 36.6 Å². The van der Waals surface area contributed by atoms with Gasteiger partial charge in [-0.05, 0) is 46.2 Å². The predicted molar refractivity (Wildman–Crippen MR) is 89.1 cm³/mol. The standard InChI is InChI=1S/C16H27N3O3S/c1-13-14(2)22-16(17-13)12-19-7-4-6-18(8-9-19)11-15-5-3-10-23(15,20)21/h15H,3-12H2,1-2H3. The topological polar surface area (TPSA) is 66.7 Å². The van der Waals surface area contributed by atoms with Crippen LogP contribution in [-0.2, 0) is 16.4 Å². The Hall–Kier alpha value is -0.920. The third kappa shape index (κ3) is 4.14. The highest BCUT2D eigenvalue weighted by Gasteiger charge is 2.33. The molecule has 1 aromatic rings. The van der Waals surface area contributed by atoms with Gasteiger partial charge in [0.05, 0.1) is 23.2 Å². The van der Waals surface area contributed by atoms with Crippen LogP contribution in [0.3, 0.4) is 0 Å². The Labute approximate surface area is 138 Å². The summed E-state index contributed by atoms with van der Waals surface area (Å²) < 4.78 is 29.7. The van der Waals surface area contributed by atoms with Gasteiger partial charge in [0.25, 0.3) is 0 Å². The molecule has 2 fully saturated rings. The van der Waals surface area contributed by atoms with Crippen LogP contribution in [0.5, 0.6) is 0 Å². The molecule has 1 unspecified atom stereocenters. The summed E-state index contributed by atoms with van der Waals surface area (Å²) in [6, 6.07) is 0. The predicted octanol–water partition coefficient (Wildman–Crippen LogP) is 1.38. The second-order valence-electron chi connectivity index (χ2n) is 6.81. The number of aryl methyl sites for hydroxylation is 2. The Balaban J connectivity index is 1.53. The summed E-state index contributed by atoms with van der Waals surface area (Å²) in [6.45, 7) is 9.20. The van der Waals surface area contributed by atoms with Crippen LogP contribution in [0, 0.1) is 13.8 Å². The number of sulfone groups is 1. The van der Waals surface area contributed by atoms with Crippen molar-refractivity contribution in [3.8, 4) is 0 Å². The van der Waals surface area contributed by atoms with E-state index in [-0.39, 0.29) is 5.25 Å². The maximum atomic E-state index is 12.0. The van der Waals surface area contributed by atoms with Gasteiger partial charge in [-0.1, -0.05) is 0 Å². The maximum Gasteiger partial charge on any atom is 0.208 e. The molecule has 0 N–H and O–H groups in total. The number of aromatic nitrogens is 1. The van der Waals surface area contributed by atoms with E-state index in [1.165, 1.54) is 0 Å². The van der Waals surface area contributed by atoms with E-state index in [9.17, 15) is 8.42 Å². The largest absolute Gasteiger partial charge is 0.444 e. The summed E-state index contributed by atoms with van der Waals surface area (Å²) in [5, 5.41) is -0.147. The normalized spacial score (nSPS) is 26.4. The quantitative estimate of drug-likeness (QED) is 0.824. The van der Waals surface area contributed by atoms with Gasteiger partial charge in [-0.15, -0.1) is 0 Å². The van der Waals surface area contributed by atoms with Crippen LogP contribution in [-0.4, -0.2) is 66.9 Å². The fourth-order valence-corrected chi connectivity index (χ4v) is 5.38. The maximum absolute atomic E-state index is 12.0. The lowest BCUT2D eigenvalue weighted by atomic mass is 10.2. The van der Waals surface area contributed by atoms with Crippen LogP contribution in [0.4, 0.5) is 0 Å². The van der Waals surface area contributed by atoms with Crippen molar-refractivity contribution >= 4 is 9.84 Å². The Morgan fingerprint density at radius 3 is 2.52 bits per heavy atom. The number of rotatable bonds is 4. The first kappa shape index (κ1) is 16.9. The first-order valence-electron chi connectivity index (χ1n) is 8.53. The van der Waals surface area contributed by atoms with Crippen molar-refractivity contribution in [1.29, 1.82) is 0 Å². The SMILES string of the molecule is Cc1nc(CN2CCCN(CC3CCCS3(=O)=O)CC2)oc1C. The summed E-state index contributed by atoms with van der Waals surface area (Å²) in [4.78, 5) is 9.13. The average Bonchev–Trinajstić information content (AvgIpc) is 2.87. The minimum absolute atomic E-state index is 0.147. The van der Waals surface area contributed by atoms with E-state index >= 15 is 0 Å². The van der Waals surface area contributed by atoms with Gasteiger partial charge in [0, 0.05) is 19.6 Å². The van der Waals surface area contributed by atoms with E-state index in [4.69, 9.17) is 4.42 Å². The number of nitrogens with zero attached hydrogens (tertiary/aromatic N) is 3. The zero-order valence-corrected chi connectivity index (χ0v) is 14.9. The van der Waals surface area contributed by atoms with Crippen LogP contribution < -0.4 is 0 Å². The molecule has 2 saturated heterocycles. The van der Waals surface area contributed by atoms with Crippen molar-refractivity contribution in [3.63, 3.8) is 0 Å². The van der Waals surface area contributed by atoms with Gasteiger partial charge in [0.15, 0.2) is 9.84 Å². The zero-order chi connectivity index (χ0) is 16.4. The summed E-state index contributed by atoms with van der Waals surface area (Å²) in [5.74, 6) is 2.05. The molecule has 0 saturated carbocycles. The molecule has 130 valence electrons. The number of hydrogen-bond donors (Lipinski definition) is 0. The highest BCUT2D eigenvalue weighted by atomic mass is 32.2. The Bertz CT molecular complexity index is 621. The van der Waals surface area contributed by atoms with Crippen LogP contribution in [0.2, 0.25) is 0 Å². The van der Waals surface area contributed by atoms with E-state index in [0.717, 1.165) is 69.3 Å². The van der Waals surface area contributed by atoms with Crippen LogP contribution in [0.25, 0.3) is 0 Å². The molecule has 1 atom stereocenters. The summed E-state index contributed by atoms with van der Waals surface area (Å²) in [6.07, 6.45) is 2.72. The molecule has 6 nitrogen and oxygen atoms in total. The highest BCUT2D eigenvalue weighted by Crippen LogP contribution is 2.21. The minimum Gasteiger partial charge on any atom is -0.444 e. The summed E-state index contributed by atoms with van der Waals surface area (Å²) >= 11 is 0. The molecule has 2 aliphatic heterocycles. The van der Waals surface area contributed by atoms with Crippen molar-refractivity contribution in [2.75, 3.05) is 38.5 Å². The smallest absolute Gasteiger partial charge is 0.208 e. The number of hydrogen-bond acceptors (Lipinski definition) is 6. The zero-order valence-electron chi connectivity index (χ0n) is 14.1. The second kappa shape index (κ2) is 6.91. The Morgan fingerprint density at radius 1 is 1.13 bits per heavy atom. The Kier molecular flexibility index (Phi) is 5.08.